The van der Waals surface area contributed by atoms with Crippen LogP contribution in [0.5, 0.6) is 0 Å². The maximum absolute atomic E-state index is 12.8. The zero-order chi connectivity index (χ0) is 17.9. The summed E-state index contributed by atoms with van der Waals surface area (Å²) < 4.78 is 46.9. The lowest BCUT2D eigenvalue weighted by atomic mass is 9.84. The molecule has 1 aliphatic carbocycles. The Labute approximate surface area is 137 Å². The summed E-state index contributed by atoms with van der Waals surface area (Å²) in [5, 5.41) is 10.2. The zero-order valence-corrected chi connectivity index (χ0v) is 13.5. The fraction of sp³-hybridized carbons (Fsp3) is 0. The van der Waals surface area contributed by atoms with E-state index in [1.165, 1.54) is 24.3 Å². The van der Waals surface area contributed by atoms with Crippen molar-refractivity contribution in [2.75, 3.05) is 0 Å². The van der Waals surface area contributed by atoms with Gasteiger partial charge in [-0.2, -0.15) is 0 Å². The van der Waals surface area contributed by atoms with Gasteiger partial charge in [-0.25, -0.2) is 27.1 Å². The molecule has 24 heavy (non-hydrogen) atoms. The molecule has 0 bridgehead atoms. The molecule has 0 saturated heterocycles. The summed E-state index contributed by atoms with van der Waals surface area (Å²) in [4.78, 5) is 24.3. The van der Waals surface area contributed by atoms with Crippen LogP contribution < -0.4 is 10.3 Å². The van der Waals surface area contributed by atoms with E-state index in [0.717, 1.165) is 12.1 Å². The van der Waals surface area contributed by atoms with Gasteiger partial charge < -0.3 is 0 Å². The minimum absolute atomic E-state index is 0.161. The van der Waals surface area contributed by atoms with Gasteiger partial charge in [0.15, 0.2) is 11.6 Å². The first-order valence-electron chi connectivity index (χ1n) is 6.44. The molecule has 10 heteroatoms. The highest BCUT2D eigenvalue weighted by Gasteiger charge is 2.37. The molecule has 124 valence electrons. The first-order chi connectivity index (χ1) is 11.0. The molecular weight excluding hydrogens is 356 g/mol. The largest absolute Gasteiger partial charge is 0.289 e. The number of ketones is 2. The smallest absolute Gasteiger partial charge is 0.238 e. The predicted octanol–water partition coefficient (Wildman–Crippen LogP) is -0.243. The lowest BCUT2D eigenvalue weighted by Gasteiger charge is -2.21. The van der Waals surface area contributed by atoms with Crippen LogP contribution in [0.15, 0.2) is 46.2 Å². The lowest BCUT2D eigenvalue weighted by molar-refractivity contribution is 0.0974. The SMILES string of the molecule is NS(=O)(=O)c1cccc2c1C(=O)c1c(cccc1S(N)(=O)=O)C2=O. The minimum atomic E-state index is -4.31. The highest BCUT2D eigenvalue weighted by atomic mass is 32.2. The van der Waals surface area contributed by atoms with E-state index in [0.29, 0.717) is 0 Å². The van der Waals surface area contributed by atoms with E-state index in [1.54, 1.807) is 0 Å². The number of nitrogens with two attached hydrogens (primary N) is 2. The van der Waals surface area contributed by atoms with Crippen molar-refractivity contribution in [2.24, 2.45) is 10.3 Å². The lowest BCUT2D eigenvalue weighted by Crippen LogP contribution is -2.28. The second kappa shape index (κ2) is 5.05. The molecule has 2 aromatic carbocycles. The highest BCUT2D eigenvalue weighted by molar-refractivity contribution is 7.89. The Balaban J connectivity index is 2.46. The van der Waals surface area contributed by atoms with Crippen LogP contribution in [0.3, 0.4) is 0 Å². The Morgan fingerprint density at radius 3 is 1.33 bits per heavy atom. The molecule has 8 nitrogen and oxygen atoms in total. The van der Waals surface area contributed by atoms with Crippen LogP contribution in [-0.2, 0) is 20.0 Å². The second-order valence-electron chi connectivity index (χ2n) is 5.11. The number of hydrogen-bond donors (Lipinski definition) is 2. The van der Waals surface area contributed by atoms with Crippen molar-refractivity contribution < 1.29 is 26.4 Å². The van der Waals surface area contributed by atoms with Crippen molar-refractivity contribution >= 4 is 31.6 Å². The van der Waals surface area contributed by atoms with E-state index >= 15 is 0 Å². The number of carbonyl (C=O) groups excluding carboxylic acids is 2. The van der Waals surface area contributed by atoms with Crippen molar-refractivity contribution in [3.8, 4) is 0 Å². The van der Waals surface area contributed by atoms with Gasteiger partial charge in [0.05, 0.1) is 20.9 Å². The Kier molecular flexibility index (Phi) is 3.46. The summed E-state index contributed by atoms with van der Waals surface area (Å²) in [6.45, 7) is 0. The standard InChI is InChI=1S/C14H10N2O6S2/c15-23(19,20)9-5-1-3-7-11(9)14(18)12-8(13(7)17)4-2-6-10(12)24(16,21)22/h1-6H,(H2,15,19,20)(H2,16,21,22). The molecule has 0 heterocycles. The molecule has 2 aromatic rings. The van der Waals surface area contributed by atoms with Crippen LogP contribution in [0.4, 0.5) is 0 Å². The fourth-order valence-electron chi connectivity index (χ4n) is 2.65. The van der Waals surface area contributed by atoms with E-state index in [9.17, 15) is 26.4 Å². The second-order valence-corrected chi connectivity index (χ2v) is 8.17. The molecule has 0 radical (unpaired) electrons. The third-order valence-electron chi connectivity index (χ3n) is 3.61. The van der Waals surface area contributed by atoms with Crippen molar-refractivity contribution in [3.63, 3.8) is 0 Å². The van der Waals surface area contributed by atoms with Crippen LogP contribution in [0.2, 0.25) is 0 Å². The van der Waals surface area contributed by atoms with Crippen LogP contribution in [-0.4, -0.2) is 28.4 Å². The maximum Gasteiger partial charge on any atom is 0.238 e. The van der Waals surface area contributed by atoms with E-state index in [-0.39, 0.29) is 11.1 Å². The summed E-state index contributed by atoms with van der Waals surface area (Å²) in [5.41, 5.74) is -1.22. The van der Waals surface area contributed by atoms with Crippen LogP contribution >= 0.6 is 0 Å². The molecule has 0 spiro atoms. The van der Waals surface area contributed by atoms with Gasteiger partial charge in [0.25, 0.3) is 0 Å². The Hall–Kier alpha value is -2.40. The Bertz CT molecular complexity index is 1050. The Morgan fingerprint density at radius 1 is 0.625 bits per heavy atom. The number of rotatable bonds is 2. The number of benzene rings is 2. The topological polar surface area (TPSA) is 154 Å². The summed E-state index contributed by atoms with van der Waals surface area (Å²) in [6, 6.07) is 7.25. The highest BCUT2D eigenvalue weighted by Crippen LogP contribution is 2.33. The normalized spacial score (nSPS) is 14.2. The van der Waals surface area contributed by atoms with Gasteiger partial charge in [0.1, 0.15) is 0 Å². The average Bonchev–Trinajstić information content (AvgIpc) is 2.49. The van der Waals surface area contributed by atoms with Crippen LogP contribution in [0.1, 0.15) is 31.8 Å². The summed E-state index contributed by atoms with van der Waals surface area (Å²) in [7, 11) is -8.61. The molecule has 0 aliphatic heterocycles. The molecule has 0 saturated carbocycles. The number of carbonyl (C=O) groups is 2. The summed E-state index contributed by atoms with van der Waals surface area (Å²) >= 11 is 0. The van der Waals surface area contributed by atoms with Crippen molar-refractivity contribution in [2.45, 2.75) is 9.79 Å². The molecule has 0 amide bonds. The van der Waals surface area contributed by atoms with Crippen molar-refractivity contribution in [1.82, 2.24) is 0 Å². The molecule has 0 unspecified atom stereocenters. The molecule has 4 N–H and O–H groups in total. The van der Waals surface area contributed by atoms with Gasteiger partial charge in [-0.3, -0.25) is 9.59 Å². The summed E-state index contributed by atoms with van der Waals surface area (Å²) in [5.74, 6) is -1.62. The van der Waals surface area contributed by atoms with Crippen molar-refractivity contribution in [3.05, 3.63) is 58.7 Å². The number of fused-ring (bicyclic) bond motifs is 2. The van der Waals surface area contributed by atoms with E-state index in [1.807, 2.05) is 0 Å². The van der Waals surface area contributed by atoms with E-state index in [2.05, 4.69) is 0 Å². The first-order valence-corrected chi connectivity index (χ1v) is 9.54. The molecule has 3 rings (SSSR count). The molecule has 1 aliphatic rings. The van der Waals surface area contributed by atoms with Crippen LogP contribution in [0, 0.1) is 0 Å². The maximum atomic E-state index is 12.8. The minimum Gasteiger partial charge on any atom is -0.289 e. The third-order valence-corrected chi connectivity index (χ3v) is 5.52. The fourth-order valence-corrected chi connectivity index (χ4v) is 4.16. The number of sulfonamides is 2. The van der Waals surface area contributed by atoms with Gasteiger partial charge in [-0.1, -0.05) is 24.3 Å². The predicted molar refractivity (Wildman–Crippen MR) is 82.5 cm³/mol. The van der Waals surface area contributed by atoms with Gasteiger partial charge >= 0.3 is 0 Å². The summed E-state index contributed by atoms with van der Waals surface area (Å²) in [6.07, 6.45) is 0. The van der Waals surface area contributed by atoms with Crippen LogP contribution in [0.25, 0.3) is 0 Å². The van der Waals surface area contributed by atoms with E-state index < -0.39 is 52.5 Å². The quantitative estimate of drug-likeness (QED) is 0.637. The van der Waals surface area contributed by atoms with E-state index in [4.69, 9.17) is 10.3 Å². The average molecular weight is 366 g/mol. The van der Waals surface area contributed by atoms with Gasteiger partial charge in [0, 0.05) is 11.1 Å². The Morgan fingerprint density at radius 2 is 1.00 bits per heavy atom. The first kappa shape index (κ1) is 16.5. The molecular formula is C14H10N2O6S2. The molecule has 0 fully saturated rings. The molecule has 0 aromatic heterocycles. The van der Waals surface area contributed by atoms with Crippen molar-refractivity contribution in [1.29, 1.82) is 0 Å². The van der Waals surface area contributed by atoms with Gasteiger partial charge in [-0.05, 0) is 12.1 Å². The molecule has 0 atom stereocenters. The third kappa shape index (κ3) is 2.36. The van der Waals surface area contributed by atoms with Gasteiger partial charge in [0.2, 0.25) is 20.0 Å². The zero-order valence-electron chi connectivity index (χ0n) is 11.9. The number of primary sulfonamides is 2. The van der Waals surface area contributed by atoms with Gasteiger partial charge in [-0.15, -0.1) is 0 Å². The number of hydrogen-bond acceptors (Lipinski definition) is 6. The monoisotopic (exact) mass is 366 g/mol.